The summed E-state index contributed by atoms with van der Waals surface area (Å²) in [6.07, 6.45) is -0.0640. The van der Waals surface area contributed by atoms with Crippen LogP contribution in [0.4, 0.5) is 0 Å². The molecule has 23 heavy (non-hydrogen) atoms. The highest BCUT2D eigenvalue weighted by atomic mass is 32.2. The molecule has 1 aromatic carbocycles. The number of hydrogen-bond donors (Lipinski definition) is 1. The lowest BCUT2D eigenvalue weighted by molar-refractivity contribution is -0.712. The first kappa shape index (κ1) is 18.1. The zero-order valence-corrected chi connectivity index (χ0v) is 14.9. The van der Waals surface area contributed by atoms with E-state index in [1.807, 2.05) is 48.7 Å². The van der Waals surface area contributed by atoms with Gasteiger partial charge in [0, 0.05) is 6.92 Å². The van der Waals surface area contributed by atoms with E-state index in [2.05, 4.69) is 0 Å². The molecule has 1 aromatic heterocycles. The van der Waals surface area contributed by atoms with Crippen molar-refractivity contribution in [1.82, 2.24) is 0 Å². The molecule has 0 spiro atoms. The quantitative estimate of drug-likeness (QED) is 0.605. The molecule has 0 bridgehead atoms. The number of hydrogen-bond acceptors (Lipinski definition) is 4. The maximum atomic E-state index is 12.8. The van der Waals surface area contributed by atoms with Crippen molar-refractivity contribution in [2.45, 2.75) is 39.3 Å². The molecule has 1 N–H and O–H groups in total. The molecular formula is C16H21NO4S2. The van der Waals surface area contributed by atoms with Gasteiger partial charge in [-0.05, 0) is 25.9 Å². The molecule has 0 aliphatic heterocycles. The molecule has 0 saturated heterocycles. The molecule has 0 amide bonds. The maximum absolute atomic E-state index is 12.8. The summed E-state index contributed by atoms with van der Waals surface area (Å²) in [6, 6.07) is 9.23. The molecule has 0 radical (unpaired) electrons. The Morgan fingerprint density at radius 3 is 2.52 bits per heavy atom. The van der Waals surface area contributed by atoms with Crippen molar-refractivity contribution in [1.29, 1.82) is 0 Å². The van der Waals surface area contributed by atoms with Gasteiger partial charge in [-0.3, -0.25) is 4.55 Å². The largest absolute Gasteiger partial charge is 0.840 e. The molecular weight excluding hydrogens is 334 g/mol. The predicted octanol–water partition coefficient (Wildman–Crippen LogP) is 1.63. The van der Waals surface area contributed by atoms with Gasteiger partial charge in [0.1, 0.15) is 6.54 Å². The third kappa shape index (κ3) is 4.60. The summed E-state index contributed by atoms with van der Waals surface area (Å²) in [4.78, 5) is 1.00. The molecule has 0 fully saturated rings. The van der Waals surface area contributed by atoms with Crippen molar-refractivity contribution in [3.05, 3.63) is 51.5 Å². The normalized spacial score (nSPS) is 13.2. The van der Waals surface area contributed by atoms with E-state index in [-0.39, 0.29) is 5.75 Å². The minimum Gasteiger partial charge on any atom is -0.840 e. The molecule has 2 rings (SSSR count). The van der Waals surface area contributed by atoms with Gasteiger partial charge in [0.2, 0.25) is 5.01 Å². The summed E-state index contributed by atoms with van der Waals surface area (Å²) in [5, 5.41) is 13.5. The minimum absolute atomic E-state index is 0.259. The van der Waals surface area contributed by atoms with E-state index in [9.17, 15) is 13.5 Å². The molecule has 1 atom stereocenters. The first-order chi connectivity index (χ1) is 10.8. The van der Waals surface area contributed by atoms with Crippen LogP contribution in [0.15, 0.2) is 30.3 Å². The van der Waals surface area contributed by atoms with Crippen molar-refractivity contribution in [2.75, 3.05) is 5.75 Å². The van der Waals surface area contributed by atoms with Gasteiger partial charge in [-0.15, -0.1) is 0 Å². The molecule has 1 unspecified atom stereocenters. The number of thiazole rings is 1. The average molecular weight is 355 g/mol. The molecule has 2 aromatic rings. The van der Waals surface area contributed by atoms with Crippen LogP contribution in [0.5, 0.6) is 0 Å². The van der Waals surface area contributed by atoms with Crippen LogP contribution in [-0.4, -0.2) is 18.7 Å². The zero-order valence-electron chi connectivity index (χ0n) is 13.2. The number of benzene rings is 1. The van der Waals surface area contributed by atoms with Crippen LogP contribution < -0.4 is 9.67 Å². The molecule has 0 aliphatic rings. The lowest BCUT2D eigenvalue weighted by atomic mass is 10.1. The fourth-order valence-corrected chi connectivity index (χ4v) is 4.46. The van der Waals surface area contributed by atoms with E-state index < -0.39 is 16.2 Å². The molecule has 7 heteroatoms. The number of aryl methyl sites for hydroxylation is 1. The third-order valence-electron chi connectivity index (χ3n) is 3.75. The van der Waals surface area contributed by atoms with Gasteiger partial charge < -0.3 is 5.11 Å². The van der Waals surface area contributed by atoms with Crippen molar-refractivity contribution >= 4 is 21.5 Å². The first-order valence-corrected chi connectivity index (χ1v) is 9.94. The van der Waals surface area contributed by atoms with Gasteiger partial charge in [0.15, 0.2) is 5.69 Å². The second-order valence-corrected chi connectivity index (χ2v) is 8.06. The zero-order chi connectivity index (χ0) is 17.0. The van der Waals surface area contributed by atoms with E-state index in [4.69, 9.17) is 4.55 Å². The van der Waals surface area contributed by atoms with Gasteiger partial charge >= 0.3 is 0 Å². The van der Waals surface area contributed by atoms with Gasteiger partial charge in [-0.1, -0.05) is 47.2 Å². The standard InChI is InChI=1S/C16H21NO4S2/c1-3-17-12(2)14(10-7-11-23(19,20)21)22-16(17)15(18)13-8-5-4-6-9-13/h4-6,8-9,15H,3,7,10-11H2,1-2H3,(H,19,20,21). The summed E-state index contributed by atoms with van der Waals surface area (Å²) in [5.41, 5.74) is 1.72. The lowest BCUT2D eigenvalue weighted by Gasteiger charge is -2.18. The summed E-state index contributed by atoms with van der Waals surface area (Å²) >= 11 is 1.44. The van der Waals surface area contributed by atoms with Gasteiger partial charge in [-0.2, -0.15) is 13.0 Å². The van der Waals surface area contributed by atoms with Crippen molar-refractivity contribution in [3.8, 4) is 0 Å². The highest BCUT2D eigenvalue weighted by molar-refractivity contribution is 7.85. The van der Waals surface area contributed by atoms with E-state index >= 15 is 0 Å². The SMILES string of the molecule is CC[n+]1c(C([O-])c2ccccc2)sc(CCCS(=O)(=O)O)c1C. The van der Waals surface area contributed by atoms with Gasteiger partial charge in [0.05, 0.1) is 10.6 Å². The number of rotatable bonds is 7. The van der Waals surface area contributed by atoms with Crippen LogP contribution in [0.1, 0.15) is 40.6 Å². The van der Waals surface area contributed by atoms with Crippen LogP contribution >= 0.6 is 11.3 Å². The van der Waals surface area contributed by atoms with Crippen molar-refractivity contribution in [2.24, 2.45) is 0 Å². The van der Waals surface area contributed by atoms with Crippen molar-refractivity contribution in [3.63, 3.8) is 0 Å². The van der Waals surface area contributed by atoms with E-state index in [0.29, 0.717) is 19.4 Å². The Kier molecular flexibility index (Phi) is 5.91. The van der Waals surface area contributed by atoms with Crippen LogP contribution in [-0.2, 0) is 23.1 Å². The summed E-state index contributed by atoms with van der Waals surface area (Å²) in [7, 11) is -3.94. The first-order valence-electron chi connectivity index (χ1n) is 7.51. The van der Waals surface area contributed by atoms with Crippen LogP contribution in [0.25, 0.3) is 0 Å². The Hall–Kier alpha value is -1.28. The minimum atomic E-state index is -3.94. The Morgan fingerprint density at radius 1 is 1.30 bits per heavy atom. The van der Waals surface area contributed by atoms with E-state index in [0.717, 1.165) is 21.1 Å². The molecule has 1 heterocycles. The molecule has 5 nitrogen and oxygen atoms in total. The fraction of sp³-hybridized carbons (Fsp3) is 0.438. The number of aromatic nitrogens is 1. The topological polar surface area (TPSA) is 81.3 Å². The Balaban J connectivity index is 2.25. The number of nitrogens with zero attached hydrogens (tertiary/aromatic N) is 1. The molecule has 126 valence electrons. The molecule has 0 saturated carbocycles. The fourth-order valence-electron chi connectivity index (χ4n) is 2.58. The summed E-state index contributed by atoms with van der Waals surface area (Å²) < 4.78 is 32.5. The van der Waals surface area contributed by atoms with Gasteiger partial charge in [-0.25, -0.2) is 0 Å². The molecule has 0 aliphatic carbocycles. The highest BCUT2D eigenvalue weighted by Gasteiger charge is 2.24. The summed E-state index contributed by atoms with van der Waals surface area (Å²) in [6.45, 7) is 4.63. The van der Waals surface area contributed by atoms with E-state index in [1.165, 1.54) is 11.3 Å². The average Bonchev–Trinajstić information content (AvgIpc) is 2.82. The second-order valence-electron chi connectivity index (χ2n) is 5.37. The summed E-state index contributed by atoms with van der Waals surface area (Å²) in [5.74, 6) is -0.259. The van der Waals surface area contributed by atoms with Gasteiger partial charge in [0.25, 0.3) is 10.1 Å². The predicted molar refractivity (Wildman–Crippen MR) is 87.9 cm³/mol. The monoisotopic (exact) mass is 355 g/mol. The van der Waals surface area contributed by atoms with Crippen LogP contribution in [0.2, 0.25) is 0 Å². The highest BCUT2D eigenvalue weighted by Crippen LogP contribution is 2.26. The Labute approximate surface area is 141 Å². The Bertz CT molecular complexity index is 754. The smallest absolute Gasteiger partial charge is 0.264 e. The second kappa shape index (κ2) is 7.53. The lowest BCUT2D eigenvalue weighted by Crippen LogP contribution is -2.41. The van der Waals surface area contributed by atoms with Crippen LogP contribution in [0.3, 0.4) is 0 Å². The third-order valence-corrected chi connectivity index (χ3v) is 5.95. The maximum Gasteiger partial charge on any atom is 0.264 e. The Morgan fingerprint density at radius 2 is 1.96 bits per heavy atom. The van der Waals surface area contributed by atoms with Crippen molar-refractivity contribution < 1.29 is 22.6 Å². The van der Waals surface area contributed by atoms with Crippen LogP contribution in [0, 0.1) is 6.92 Å². The van der Waals surface area contributed by atoms with E-state index in [1.54, 1.807) is 0 Å².